The first-order valence-electron chi connectivity index (χ1n) is 9.80. The molecule has 0 unspecified atom stereocenters. The van der Waals surface area contributed by atoms with Crippen molar-refractivity contribution < 1.29 is 10.0 Å². The van der Waals surface area contributed by atoms with Crippen molar-refractivity contribution in [3.8, 4) is 0 Å². The number of amides is 1. The van der Waals surface area contributed by atoms with E-state index < -0.39 is 5.91 Å². The Labute approximate surface area is 179 Å². The van der Waals surface area contributed by atoms with E-state index in [1.165, 1.54) is 57.8 Å². The van der Waals surface area contributed by atoms with E-state index >= 15 is 0 Å². The van der Waals surface area contributed by atoms with E-state index in [1.807, 2.05) is 12.1 Å². The van der Waals surface area contributed by atoms with Gasteiger partial charge < -0.3 is 10.2 Å². The molecule has 0 bridgehead atoms. The molecule has 1 aromatic rings. The summed E-state index contributed by atoms with van der Waals surface area (Å²) < 4.78 is 0. The van der Waals surface area contributed by atoms with E-state index in [1.54, 1.807) is 17.8 Å². The molecule has 28 heavy (non-hydrogen) atoms. The first kappa shape index (κ1) is 24.7. The third kappa shape index (κ3) is 7.95. The van der Waals surface area contributed by atoms with E-state index in [0.29, 0.717) is 6.04 Å². The number of aromatic nitrogens is 1. The van der Waals surface area contributed by atoms with E-state index in [-0.39, 0.29) is 24.8 Å². The molecule has 8 heteroatoms. The topological polar surface area (TPSA) is 77.5 Å². The Balaban J connectivity index is 0.00000196. The van der Waals surface area contributed by atoms with Crippen LogP contribution in [0.1, 0.15) is 50.5 Å². The molecule has 0 spiro atoms. The molecule has 158 valence electrons. The number of nitrogens with zero attached hydrogens (tertiary/aromatic N) is 2. The Morgan fingerprint density at radius 2 is 1.86 bits per heavy atom. The zero-order valence-electron chi connectivity index (χ0n) is 16.2. The molecule has 1 aliphatic carbocycles. The maximum atomic E-state index is 11.0. The Morgan fingerprint density at radius 1 is 1.14 bits per heavy atom. The van der Waals surface area contributed by atoms with Crippen LogP contribution in [0.3, 0.4) is 0 Å². The second-order valence-electron chi connectivity index (χ2n) is 7.51. The molecule has 1 aromatic heterocycles. The minimum Gasteiger partial charge on any atom is -0.367 e. The number of anilines is 1. The van der Waals surface area contributed by atoms with Gasteiger partial charge in [-0.1, -0.05) is 19.3 Å². The molecular formula is C20H32Cl2N4O2. The number of hydroxylamine groups is 1. The molecular weight excluding hydrogens is 399 g/mol. The van der Waals surface area contributed by atoms with Gasteiger partial charge in [-0.05, 0) is 55.4 Å². The Kier molecular flexibility index (Phi) is 11.5. The van der Waals surface area contributed by atoms with E-state index in [0.717, 1.165) is 30.1 Å². The molecule has 1 saturated carbocycles. The number of halogens is 2. The van der Waals surface area contributed by atoms with Crippen molar-refractivity contribution >= 4 is 42.6 Å². The first-order chi connectivity index (χ1) is 12.7. The van der Waals surface area contributed by atoms with E-state index in [4.69, 9.17) is 5.21 Å². The molecule has 2 aliphatic rings. The molecule has 1 aliphatic heterocycles. The summed E-state index contributed by atoms with van der Waals surface area (Å²) in [5, 5.41) is 12.0. The highest BCUT2D eigenvalue weighted by molar-refractivity contribution is 5.90. The average molecular weight is 431 g/mol. The lowest BCUT2D eigenvalue weighted by Gasteiger charge is -2.35. The summed E-state index contributed by atoms with van der Waals surface area (Å²) in [6.07, 6.45) is 14.0. The lowest BCUT2D eigenvalue weighted by atomic mass is 9.88. The molecule has 0 radical (unpaired) electrons. The summed E-state index contributed by atoms with van der Waals surface area (Å²) in [5.74, 6) is 1.25. The SMILES string of the molecule is Cl.Cl.O=C(/C=C/c1ccc(NC2CCN(CC3CCCCC3)CC2)nc1)NO. The van der Waals surface area contributed by atoms with Crippen LogP contribution in [0, 0.1) is 5.92 Å². The van der Waals surface area contributed by atoms with Crippen molar-refractivity contribution in [3.05, 3.63) is 30.0 Å². The molecule has 0 aromatic carbocycles. The summed E-state index contributed by atoms with van der Waals surface area (Å²) >= 11 is 0. The van der Waals surface area contributed by atoms with Crippen LogP contribution >= 0.6 is 24.8 Å². The van der Waals surface area contributed by atoms with Gasteiger partial charge in [0.05, 0.1) is 0 Å². The van der Waals surface area contributed by atoms with Crippen molar-refractivity contribution in [2.75, 3.05) is 25.0 Å². The van der Waals surface area contributed by atoms with Gasteiger partial charge in [0.15, 0.2) is 0 Å². The predicted octanol–water partition coefficient (Wildman–Crippen LogP) is 3.90. The van der Waals surface area contributed by atoms with Crippen LogP contribution < -0.4 is 10.8 Å². The van der Waals surface area contributed by atoms with Gasteiger partial charge in [-0.15, -0.1) is 24.8 Å². The fourth-order valence-corrected chi connectivity index (χ4v) is 4.00. The maximum absolute atomic E-state index is 11.0. The minimum atomic E-state index is -0.549. The summed E-state index contributed by atoms with van der Waals surface area (Å²) in [4.78, 5) is 18.0. The van der Waals surface area contributed by atoms with Crippen molar-refractivity contribution in [1.82, 2.24) is 15.4 Å². The number of hydrogen-bond donors (Lipinski definition) is 3. The van der Waals surface area contributed by atoms with Crippen molar-refractivity contribution in [2.24, 2.45) is 5.92 Å². The normalized spacial score (nSPS) is 18.9. The number of nitrogens with one attached hydrogen (secondary N) is 2. The lowest BCUT2D eigenvalue weighted by molar-refractivity contribution is -0.124. The number of pyridine rings is 1. The Bertz CT molecular complexity index is 599. The number of rotatable bonds is 6. The number of likely N-dealkylation sites (tertiary alicyclic amines) is 1. The van der Waals surface area contributed by atoms with Crippen LogP contribution in [0.2, 0.25) is 0 Å². The van der Waals surface area contributed by atoms with E-state index in [9.17, 15) is 4.79 Å². The second kappa shape index (κ2) is 13.0. The highest BCUT2D eigenvalue weighted by Gasteiger charge is 2.22. The molecule has 3 N–H and O–H groups in total. The standard InChI is InChI=1S/C20H30N4O2.2ClH/c25-20(23-26)9-7-16-6-8-19(21-14-16)22-18-10-12-24(13-11-18)15-17-4-2-1-3-5-17;;/h6-9,14,17-18,26H,1-5,10-13,15H2,(H,21,22)(H,23,25);2*1H/b9-7+;;. The van der Waals surface area contributed by atoms with Crippen LogP contribution in [0.15, 0.2) is 24.4 Å². The zero-order chi connectivity index (χ0) is 18.2. The quantitative estimate of drug-likeness (QED) is 0.362. The highest BCUT2D eigenvalue weighted by Crippen LogP contribution is 2.26. The lowest BCUT2D eigenvalue weighted by Crippen LogP contribution is -2.41. The molecule has 1 amide bonds. The van der Waals surface area contributed by atoms with Gasteiger partial charge in [-0.2, -0.15) is 0 Å². The van der Waals surface area contributed by atoms with Crippen molar-refractivity contribution in [2.45, 2.75) is 51.0 Å². The summed E-state index contributed by atoms with van der Waals surface area (Å²) in [6.45, 7) is 3.63. The van der Waals surface area contributed by atoms with Gasteiger partial charge in [-0.25, -0.2) is 10.5 Å². The van der Waals surface area contributed by atoms with Crippen LogP contribution in [0.25, 0.3) is 6.08 Å². The van der Waals surface area contributed by atoms with Crippen LogP contribution in [0.4, 0.5) is 5.82 Å². The smallest absolute Gasteiger partial charge is 0.267 e. The Morgan fingerprint density at radius 3 is 2.46 bits per heavy atom. The summed E-state index contributed by atoms with van der Waals surface area (Å²) in [6, 6.07) is 4.33. The van der Waals surface area contributed by atoms with Crippen LogP contribution in [-0.4, -0.2) is 46.7 Å². The molecule has 3 rings (SSSR count). The van der Waals surface area contributed by atoms with Gasteiger partial charge >= 0.3 is 0 Å². The largest absolute Gasteiger partial charge is 0.367 e. The molecule has 1 saturated heterocycles. The number of hydrogen-bond acceptors (Lipinski definition) is 5. The summed E-state index contributed by atoms with van der Waals surface area (Å²) in [7, 11) is 0. The molecule has 2 fully saturated rings. The van der Waals surface area contributed by atoms with Gasteiger partial charge in [0.2, 0.25) is 0 Å². The third-order valence-corrected chi connectivity index (χ3v) is 5.50. The van der Waals surface area contributed by atoms with Gasteiger partial charge in [0, 0.05) is 37.9 Å². The fourth-order valence-electron chi connectivity index (χ4n) is 4.00. The zero-order valence-corrected chi connectivity index (χ0v) is 17.8. The molecule has 0 atom stereocenters. The number of piperidine rings is 1. The van der Waals surface area contributed by atoms with Crippen molar-refractivity contribution in [3.63, 3.8) is 0 Å². The van der Waals surface area contributed by atoms with Gasteiger partial charge in [-0.3, -0.25) is 10.0 Å². The third-order valence-electron chi connectivity index (χ3n) is 5.50. The highest BCUT2D eigenvalue weighted by atomic mass is 35.5. The van der Waals surface area contributed by atoms with Crippen molar-refractivity contribution in [1.29, 1.82) is 0 Å². The fraction of sp³-hybridized carbons (Fsp3) is 0.600. The monoisotopic (exact) mass is 430 g/mol. The molecule has 6 nitrogen and oxygen atoms in total. The molecule has 2 heterocycles. The van der Waals surface area contributed by atoms with E-state index in [2.05, 4.69) is 15.2 Å². The number of carbonyl (C=O) groups excluding carboxylic acids is 1. The number of carbonyl (C=O) groups is 1. The predicted molar refractivity (Wildman–Crippen MR) is 117 cm³/mol. The minimum absolute atomic E-state index is 0. The van der Waals surface area contributed by atoms with Crippen LogP contribution in [0.5, 0.6) is 0 Å². The van der Waals surface area contributed by atoms with Gasteiger partial charge in [0.25, 0.3) is 5.91 Å². The Hall–Kier alpha value is -1.34. The maximum Gasteiger partial charge on any atom is 0.267 e. The first-order valence-corrected chi connectivity index (χ1v) is 9.80. The average Bonchev–Trinajstić information content (AvgIpc) is 2.69. The second-order valence-corrected chi connectivity index (χ2v) is 7.51. The van der Waals surface area contributed by atoms with Crippen LogP contribution in [-0.2, 0) is 4.79 Å². The van der Waals surface area contributed by atoms with Gasteiger partial charge in [0.1, 0.15) is 5.82 Å². The summed E-state index contributed by atoms with van der Waals surface area (Å²) in [5.41, 5.74) is 2.39.